The summed E-state index contributed by atoms with van der Waals surface area (Å²) in [5.74, 6) is 0. The molecule has 1 fully saturated rings. The van der Waals surface area contributed by atoms with Gasteiger partial charge >= 0.3 is 0 Å². The molecule has 0 atom stereocenters. The van der Waals surface area contributed by atoms with Gasteiger partial charge in [-0.15, -0.1) is 11.8 Å². The molecule has 1 aromatic rings. The fourth-order valence-corrected chi connectivity index (χ4v) is 2.17. The van der Waals surface area contributed by atoms with Crippen molar-refractivity contribution in [2.45, 2.75) is 23.3 Å². The quantitative estimate of drug-likeness (QED) is 0.705. The molecule has 0 aliphatic heterocycles. The topological polar surface area (TPSA) is 26.0 Å². The van der Waals surface area contributed by atoms with E-state index in [1.807, 2.05) is 0 Å². The van der Waals surface area contributed by atoms with Gasteiger partial charge in [0.15, 0.2) is 0 Å². The summed E-state index contributed by atoms with van der Waals surface area (Å²) in [7, 11) is 0. The van der Waals surface area contributed by atoms with Gasteiger partial charge in [0.05, 0.1) is 0 Å². The molecule has 0 spiro atoms. The molecule has 1 nitrogen and oxygen atoms in total. The van der Waals surface area contributed by atoms with Gasteiger partial charge in [0.1, 0.15) is 0 Å². The number of thioether (sulfide) groups is 1. The molecule has 1 aliphatic carbocycles. The average Bonchev–Trinajstić information content (AvgIpc) is 2.85. The van der Waals surface area contributed by atoms with Crippen LogP contribution in [0.15, 0.2) is 29.2 Å². The van der Waals surface area contributed by atoms with E-state index < -0.39 is 0 Å². The van der Waals surface area contributed by atoms with Crippen LogP contribution in [-0.4, -0.2) is 6.26 Å². The standard InChI is InChI=1S/C10H13NS/c1-12-9-5-3-2-4-8(9)10(11)6-7-10/h2-5H,6-7,11H2,1H3. The minimum atomic E-state index is 0.0135. The monoisotopic (exact) mass is 179 g/mol. The summed E-state index contributed by atoms with van der Waals surface area (Å²) >= 11 is 1.78. The van der Waals surface area contributed by atoms with E-state index >= 15 is 0 Å². The van der Waals surface area contributed by atoms with Crippen LogP contribution in [0.25, 0.3) is 0 Å². The van der Waals surface area contributed by atoms with Gasteiger partial charge in [0.2, 0.25) is 0 Å². The normalized spacial score (nSPS) is 19.2. The molecule has 0 radical (unpaired) electrons. The Labute approximate surface area is 77.3 Å². The molecular formula is C10H13NS. The van der Waals surface area contributed by atoms with Gasteiger partial charge < -0.3 is 5.73 Å². The molecule has 2 heteroatoms. The molecule has 1 aliphatic rings. The van der Waals surface area contributed by atoms with Crippen LogP contribution in [-0.2, 0) is 5.54 Å². The summed E-state index contributed by atoms with van der Waals surface area (Å²) in [6.07, 6.45) is 4.39. The second kappa shape index (κ2) is 2.79. The average molecular weight is 179 g/mol. The molecule has 64 valence electrons. The van der Waals surface area contributed by atoms with Crippen LogP contribution in [0.2, 0.25) is 0 Å². The summed E-state index contributed by atoms with van der Waals surface area (Å²) in [6, 6.07) is 8.44. The summed E-state index contributed by atoms with van der Waals surface area (Å²) in [6.45, 7) is 0. The molecule has 0 amide bonds. The third-order valence-electron chi connectivity index (χ3n) is 2.43. The number of hydrogen-bond donors (Lipinski definition) is 1. The lowest BCUT2D eigenvalue weighted by atomic mass is 10.1. The zero-order chi connectivity index (χ0) is 8.60. The van der Waals surface area contributed by atoms with Gasteiger partial charge in [-0.1, -0.05) is 18.2 Å². The molecule has 1 aromatic carbocycles. The maximum absolute atomic E-state index is 6.13. The molecule has 1 saturated carbocycles. The van der Waals surface area contributed by atoms with E-state index in [2.05, 4.69) is 30.5 Å². The smallest absolute Gasteiger partial charge is 0.0422 e. The number of rotatable bonds is 2. The lowest BCUT2D eigenvalue weighted by Gasteiger charge is -2.12. The molecule has 2 rings (SSSR count). The van der Waals surface area contributed by atoms with Gasteiger partial charge in [0.25, 0.3) is 0 Å². The van der Waals surface area contributed by atoms with E-state index in [0.717, 1.165) is 12.8 Å². The van der Waals surface area contributed by atoms with E-state index in [1.165, 1.54) is 10.5 Å². The highest BCUT2D eigenvalue weighted by atomic mass is 32.2. The SMILES string of the molecule is CSc1ccccc1C1(N)CC1. The first-order chi connectivity index (χ1) is 5.76. The van der Waals surface area contributed by atoms with Crippen LogP contribution < -0.4 is 5.73 Å². The Balaban J connectivity index is 2.42. The first-order valence-corrected chi connectivity index (χ1v) is 5.41. The van der Waals surface area contributed by atoms with Crippen molar-refractivity contribution in [3.8, 4) is 0 Å². The van der Waals surface area contributed by atoms with Gasteiger partial charge in [-0.3, -0.25) is 0 Å². The molecule has 2 N–H and O–H groups in total. The van der Waals surface area contributed by atoms with E-state index in [9.17, 15) is 0 Å². The summed E-state index contributed by atoms with van der Waals surface area (Å²) in [5.41, 5.74) is 7.48. The van der Waals surface area contributed by atoms with E-state index in [-0.39, 0.29) is 5.54 Å². The van der Waals surface area contributed by atoms with Crippen LogP contribution in [0.3, 0.4) is 0 Å². The Kier molecular flexibility index (Phi) is 1.89. The van der Waals surface area contributed by atoms with Gasteiger partial charge in [-0.05, 0) is 30.7 Å². The van der Waals surface area contributed by atoms with Crippen LogP contribution in [0.5, 0.6) is 0 Å². The van der Waals surface area contributed by atoms with Crippen molar-refractivity contribution in [3.05, 3.63) is 29.8 Å². The maximum atomic E-state index is 6.13. The van der Waals surface area contributed by atoms with Crippen molar-refractivity contribution in [1.82, 2.24) is 0 Å². The predicted octanol–water partition coefficient (Wildman–Crippen LogP) is 2.36. The Bertz CT molecular complexity index is 292. The first-order valence-electron chi connectivity index (χ1n) is 4.19. The highest BCUT2D eigenvalue weighted by molar-refractivity contribution is 7.98. The minimum absolute atomic E-state index is 0.0135. The minimum Gasteiger partial charge on any atom is -0.321 e. The van der Waals surface area contributed by atoms with Crippen molar-refractivity contribution < 1.29 is 0 Å². The summed E-state index contributed by atoms with van der Waals surface area (Å²) < 4.78 is 0. The molecule has 0 heterocycles. The van der Waals surface area contributed by atoms with Crippen LogP contribution in [0, 0.1) is 0 Å². The lowest BCUT2D eigenvalue weighted by molar-refractivity contribution is 0.722. The second-order valence-corrected chi connectivity index (χ2v) is 4.20. The van der Waals surface area contributed by atoms with E-state index in [1.54, 1.807) is 11.8 Å². The van der Waals surface area contributed by atoms with Gasteiger partial charge in [-0.25, -0.2) is 0 Å². The molecule has 0 aromatic heterocycles. The van der Waals surface area contributed by atoms with Crippen molar-refractivity contribution in [3.63, 3.8) is 0 Å². The summed E-state index contributed by atoms with van der Waals surface area (Å²) in [4.78, 5) is 1.33. The molecule has 0 bridgehead atoms. The van der Waals surface area contributed by atoms with E-state index in [0.29, 0.717) is 0 Å². The molecule has 0 saturated heterocycles. The number of nitrogens with two attached hydrogens (primary N) is 1. The first kappa shape index (κ1) is 8.14. The zero-order valence-corrected chi connectivity index (χ0v) is 8.03. The highest BCUT2D eigenvalue weighted by Crippen LogP contribution is 2.45. The third-order valence-corrected chi connectivity index (χ3v) is 3.23. The fourth-order valence-electron chi connectivity index (χ4n) is 1.46. The highest BCUT2D eigenvalue weighted by Gasteiger charge is 2.41. The van der Waals surface area contributed by atoms with Crippen molar-refractivity contribution >= 4 is 11.8 Å². The largest absolute Gasteiger partial charge is 0.321 e. The van der Waals surface area contributed by atoms with E-state index in [4.69, 9.17) is 5.73 Å². The maximum Gasteiger partial charge on any atom is 0.0422 e. The van der Waals surface area contributed by atoms with Gasteiger partial charge in [0, 0.05) is 10.4 Å². The number of benzene rings is 1. The van der Waals surface area contributed by atoms with Crippen molar-refractivity contribution in [2.24, 2.45) is 5.73 Å². The predicted molar refractivity (Wildman–Crippen MR) is 53.3 cm³/mol. The number of hydrogen-bond acceptors (Lipinski definition) is 2. The second-order valence-electron chi connectivity index (χ2n) is 3.36. The van der Waals surface area contributed by atoms with Crippen LogP contribution in [0.4, 0.5) is 0 Å². The Morgan fingerprint density at radius 2 is 2.00 bits per heavy atom. The zero-order valence-electron chi connectivity index (χ0n) is 7.21. The Morgan fingerprint density at radius 1 is 1.33 bits per heavy atom. The van der Waals surface area contributed by atoms with Crippen molar-refractivity contribution in [1.29, 1.82) is 0 Å². The Hall–Kier alpha value is -0.470. The summed E-state index contributed by atoms with van der Waals surface area (Å²) in [5, 5.41) is 0. The van der Waals surface area contributed by atoms with Crippen molar-refractivity contribution in [2.75, 3.05) is 6.26 Å². The molecular weight excluding hydrogens is 166 g/mol. The Morgan fingerprint density at radius 3 is 2.58 bits per heavy atom. The molecule has 12 heavy (non-hydrogen) atoms. The van der Waals surface area contributed by atoms with Gasteiger partial charge in [-0.2, -0.15) is 0 Å². The third kappa shape index (κ3) is 1.25. The fraction of sp³-hybridized carbons (Fsp3) is 0.400. The lowest BCUT2D eigenvalue weighted by Crippen LogP contribution is -2.19. The molecule has 0 unspecified atom stereocenters. The van der Waals surface area contributed by atoms with Crippen LogP contribution in [0.1, 0.15) is 18.4 Å². The van der Waals surface area contributed by atoms with Crippen LogP contribution >= 0.6 is 11.8 Å².